The molecule has 2 aromatic carbocycles. The lowest BCUT2D eigenvalue weighted by molar-refractivity contribution is 0.912. The van der Waals surface area contributed by atoms with Crippen LogP contribution in [0.1, 0.15) is 11.1 Å². The van der Waals surface area contributed by atoms with E-state index in [1.807, 2.05) is 54.4 Å². The van der Waals surface area contributed by atoms with Gasteiger partial charge in [-0.3, -0.25) is 0 Å². The van der Waals surface area contributed by atoms with Gasteiger partial charge in [-0.15, -0.1) is 0 Å². The van der Waals surface area contributed by atoms with E-state index in [-0.39, 0.29) is 0 Å². The maximum atomic E-state index is 9.11. The van der Waals surface area contributed by atoms with Gasteiger partial charge in [-0.2, -0.15) is 10.5 Å². The lowest BCUT2D eigenvalue weighted by Gasteiger charge is -2.21. The Labute approximate surface area is 124 Å². The summed E-state index contributed by atoms with van der Waals surface area (Å²) in [6.45, 7) is 1.42. The summed E-state index contributed by atoms with van der Waals surface area (Å²) >= 11 is 0. The Bertz CT molecular complexity index is 694. The number of rotatable bonds is 5. The van der Waals surface area contributed by atoms with Crippen LogP contribution in [0.2, 0.25) is 0 Å². The Kier molecular flexibility index (Phi) is 4.79. The SMILES string of the molecule is CN(CCNc1ccccc1C#N)c1ccccc1C#N. The topological polar surface area (TPSA) is 62.9 Å². The summed E-state index contributed by atoms with van der Waals surface area (Å²) in [5.41, 5.74) is 3.05. The summed E-state index contributed by atoms with van der Waals surface area (Å²) in [5, 5.41) is 21.4. The molecule has 0 aliphatic heterocycles. The lowest BCUT2D eigenvalue weighted by atomic mass is 10.2. The zero-order valence-corrected chi connectivity index (χ0v) is 11.9. The van der Waals surface area contributed by atoms with Crippen molar-refractivity contribution >= 4 is 11.4 Å². The van der Waals surface area contributed by atoms with Crippen LogP contribution in [0.25, 0.3) is 0 Å². The third-order valence-electron chi connectivity index (χ3n) is 3.25. The van der Waals surface area contributed by atoms with E-state index in [1.54, 1.807) is 6.07 Å². The summed E-state index contributed by atoms with van der Waals surface area (Å²) in [4.78, 5) is 2.03. The number of likely N-dealkylation sites (N-methyl/N-ethyl adjacent to an activating group) is 1. The van der Waals surface area contributed by atoms with E-state index in [4.69, 9.17) is 10.5 Å². The molecule has 0 atom stereocenters. The molecule has 0 aliphatic rings. The smallest absolute Gasteiger partial charge is 0.101 e. The normalized spacial score (nSPS) is 9.48. The molecule has 0 saturated heterocycles. The summed E-state index contributed by atoms with van der Waals surface area (Å²) in [7, 11) is 1.95. The van der Waals surface area contributed by atoms with E-state index in [0.717, 1.165) is 17.9 Å². The first kappa shape index (κ1) is 14.4. The molecular weight excluding hydrogens is 260 g/mol. The Morgan fingerprint density at radius 3 is 2.29 bits per heavy atom. The Morgan fingerprint density at radius 1 is 0.952 bits per heavy atom. The minimum Gasteiger partial charge on any atom is -0.382 e. The predicted octanol–water partition coefficient (Wildman–Crippen LogP) is 2.98. The van der Waals surface area contributed by atoms with Gasteiger partial charge in [0, 0.05) is 20.1 Å². The highest BCUT2D eigenvalue weighted by Gasteiger charge is 2.06. The summed E-state index contributed by atoms with van der Waals surface area (Å²) < 4.78 is 0. The molecule has 0 fully saturated rings. The van der Waals surface area contributed by atoms with E-state index >= 15 is 0 Å². The fourth-order valence-electron chi connectivity index (χ4n) is 2.11. The number of hydrogen-bond acceptors (Lipinski definition) is 4. The fraction of sp³-hybridized carbons (Fsp3) is 0.176. The molecule has 0 saturated carbocycles. The Hall–Kier alpha value is -2.98. The van der Waals surface area contributed by atoms with Crippen molar-refractivity contribution in [3.05, 3.63) is 59.7 Å². The second kappa shape index (κ2) is 6.98. The van der Waals surface area contributed by atoms with Gasteiger partial charge in [0.1, 0.15) is 12.1 Å². The van der Waals surface area contributed by atoms with Gasteiger partial charge in [0.15, 0.2) is 0 Å². The van der Waals surface area contributed by atoms with Crippen LogP contribution >= 0.6 is 0 Å². The van der Waals surface area contributed by atoms with E-state index in [0.29, 0.717) is 17.7 Å². The molecule has 0 amide bonds. The molecule has 0 heterocycles. The predicted molar refractivity (Wildman–Crippen MR) is 84.1 cm³/mol. The molecule has 4 nitrogen and oxygen atoms in total. The number of anilines is 2. The van der Waals surface area contributed by atoms with Crippen molar-refractivity contribution in [2.45, 2.75) is 0 Å². The second-order valence-corrected chi connectivity index (χ2v) is 4.63. The van der Waals surface area contributed by atoms with Crippen molar-refractivity contribution in [3.8, 4) is 12.1 Å². The monoisotopic (exact) mass is 276 g/mol. The molecule has 104 valence electrons. The minimum atomic E-state index is 0.637. The molecule has 4 heteroatoms. The van der Waals surface area contributed by atoms with Gasteiger partial charge >= 0.3 is 0 Å². The quantitative estimate of drug-likeness (QED) is 0.912. The highest BCUT2D eigenvalue weighted by molar-refractivity contribution is 5.59. The number of nitrogens with zero attached hydrogens (tertiary/aromatic N) is 3. The molecule has 0 spiro atoms. The van der Waals surface area contributed by atoms with Crippen molar-refractivity contribution in [2.75, 3.05) is 30.4 Å². The van der Waals surface area contributed by atoms with E-state index in [9.17, 15) is 0 Å². The van der Waals surface area contributed by atoms with Crippen molar-refractivity contribution in [3.63, 3.8) is 0 Å². The highest BCUT2D eigenvalue weighted by Crippen LogP contribution is 2.18. The first-order chi connectivity index (χ1) is 10.3. The van der Waals surface area contributed by atoms with Crippen LogP contribution in [-0.4, -0.2) is 20.1 Å². The summed E-state index contributed by atoms with van der Waals surface area (Å²) in [6.07, 6.45) is 0. The van der Waals surface area contributed by atoms with Crippen LogP contribution in [0.5, 0.6) is 0 Å². The summed E-state index contributed by atoms with van der Waals surface area (Å²) in [5.74, 6) is 0. The maximum Gasteiger partial charge on any atom is 0.101 e. The molecule has 2 aromatic rings. The Balaban J connectivity index is 1.98. The zero-order valence-electron chi connectivity index (χ0n) is 11.9. The van der Waals surface area contributed by atoms with Crippen LogP contribution in [0.15, 0.2) is 48.5 Å². The zero-order chi connectivity index (χ0) is 15.1. The van der Waals surface area contributed by atoms with Crippen LogP contribution in [0.3, 0.4) is 0 Å². The van der Waals surface area contributed by atoms with Crippen LogP contribution < -0.4 is 10.2 Å². The molecule has 0 aliphatic carbocycles. The number of hydrogen-bond donors (Lipinski definition) is 1. The van der Waals surface area contributed by atoms with E-state index in [1.165, 1.54) is 0 Å². The van der Waals surface area contributed by atoms with Gasteiger partial charge in [0.2, 0.25) is 0 Å². The van der Waals surface area contributed by atoms with Crippen molar-refractivity contribution in [1.82, 2.24) is 0 Å². The average Bonchev–Trinajstić information content (AvgIpc) is 2.55. The van der Waals surface area contributed by atoms with Crippen LogP contribution in [0, 0.1) is 22.7 Å². The molecular formula is C17H16N4. The first-order valence-electron chi connectivity index (χ1n) is 6.69. The standard InChI is InChI=1S/C17H16N4/c1-21(17-9-5-3-7-15(17)13-19)11-10-20-16-8-4-2-6-14(16)12-18/h2-9,20H,10-11H2,1H3. The van der Waals surface area contributed by atoms with Gasteiger partial charge in [0.25, 0.3) is 0 Å². The fourth-order valence-corrected chi connectivity index (χ4v) is 2.11. The number of nitrogens with one attached hydrogen (secondary N) is 1. The van der Waals surface area contributed by atoms with Crippen molar-refractivity contribution < 1.29 is 0 Å². The number of nitriles is 2. The van der Waals surface area contributed by atoms with Crippen LogP contribution in [0.4, 0.5) is 11.4 Å². The largest absolute Gasteiger partial charge is 0.382 e. The molecule has 21 heavy (non-hydrogen) atoms. The highest BCUT2D eigenvalue weighted by atomic mass is 15.1. The molecule has 0 aromatic heterocycles. The number of para-hydroxylation sites is 2. The van der Waals surface area contributed by atoms with Crippen molar-refractivity contribution in [2.24, 2.45) is 0 Å². The second-order valence-electron chi connectivity index (χ2n) is 4.63. The average molecular weight is 276 g/mol. The molecule has 0 radical (unpaired) electrons. The molecule has 2 rings (SSSR count). The third-order valence-corrected chi connectivity index (χ3v) is 3.25. The Morgan fingerprint density at radius 2 is 1.57 bits per heavy atom. The molecule has 0 bridgehead atoms. The summed E-state index contributed by atoms with van der Waals surface area (Å²) in [6, 6.07) is 19.3. The third kappa shape index (κ3) is 3.52. The van der Waals surface area contributed by atoms with Gasteiger partial charge < -0.3 is 10.2 Å². The van der Waals surface area contributed by atoms with E-state index < -0.39 is 0 Å². The first-order valence-corrected chi connectivity index (χ1v) is 6.69. The number of benzene rings is 2. The van der Waals surface area contributed by atoms with Crippen molar-refractivity contribution in [1.29, 1.82) is 10.5 Å². The lowest BCUT2D eigenvalue weighted by Crippen LogP contribution is -2.25. The van der Waals surface area contributed by atoms with Crippen LogP contribution in [-0.2, 0) is 0 Å². The van der Waals surface area contributed by atoms with Gasteiger partial charge in [-0.25, -0.2) is 0 Å². The van der Waals surface area contributed by atoms with Gasteiger partial charge in [-0.05, 0) is 24.3 Å². The molecule has 0 unspecified atom stereocenters. The van der Waals surface area contributed by atoms with E-state index in [2.05, 4.69) is 17.5 Å². The minimum absolute atomic E-state index is 0.637. The van der Waals surface area contributed by atoms with Gasteiger partial charge in [-0.1, -0.05) is 24.3 Å². The van der Waals surface area contributed by atoms with Gasteiger partial charge in [0.05, 0.1) is 22.5 Å². The molecule has 1 N–H and O–H groups in total. The maximum absolute atomic E-state index is 9.11.